The SMILES string of the molecule is CC(C)O[C@H]1CCN(C(=O)c2cn[nH]c2Cl)C[C@H]1F. The minimum Gasteiger partial charge on any atom is -0.372 e. The highest BCUT2D eigenvalue weighted by molar-refractivity contribution is 6.32. The molecule has 2 atom stereocenters. The number of aromatic nitrogens is 2. The zero-order valence-corrected chi connectivity index (χ0v) is 11.7. The number of nitrogens with zero attached hydrogens (tertiary/aromatic N) is 2. The summed E-state index contributed by atoms with van der Waals surface area (Å²) >= 11 is 5.80. The Morgan fingerprint density at radius 1 is 1.68 bits per heavy atom. The number of hydrogen-bond donors (Lipinski definition) is 1. The molecule has 5 nitrogen and oxygen atoms in total. The molecule has 0 aliphatic carbocycles. The van der Waals surface area contributed by atoms with E-state index in [9.17, 15) is 9.18 Å². The first-order chi connectivity index (χ1) is 8.99. The van der Waals surface area contributed by atoms with E-state index >= 15 is 0 Å². The predicted molar refractivity (Wildman–Crippen MR) is 69.0 cm³/mol. The molecule has 2 rings (SSSR count). The van der Waals surface area contributed by atoms with Gasteiger partial charge in [0.1, 0.15) is 11.3 Å². The second-order valence-electron chi connectivity index (χ2n) is 4.88. The van der Waals surface area contributed by atoms with Crippen LogP contribution in [0.2, 0.25) is 5.15 Å². The third kappa shape index (κ3) is 3.25. The fraction of sp³-hybridized carbons (Fsp3) is 0.667. The van der Waals surface area contributed by atoms with E-state index in [0.29, 0.717) is 13.0 Å². The Morgan fingerprint density at radius 3 is 2.95 bits per heavy atom. The number of ether oxygens (including phenoxy) is 1. The first-order valence-corrected chi connectivity index (χ1v) is 6.64. The van der Waals surface area contributed by atoms with Gasteiger partial charge in [0.25, 0.3) is 5.91 Å². The van der Waals surface area contributed by atoms with Gasteiger partial charge in [-0.05, 0) is 20.3 Å². The molecule has 1 amide bonds. The topological polar surface area (TPSA) is 58.2 Å². The van der Waals surface area contributed by atoms with Crippen molar-refractivity contribution in [1.29, 1.82) is 0 Å². The smallest absolute Gasteiger partial charge is 0.258 e. The molecule has 1 saturated heterocycles. The molecule has 2 heterocycles. The van der Waals surface area contributed by atoms with Gasteiger partial charge in [0.15, 0.2) is 0 Å². The van der Waals surface area contributed by atoms with Gasteiger partial charge in [0, 0.05) is 6.54 Å². The normalized spacial score (nSPS) is 23.9. The fourth-order valence-electron chi connectivity index (χ4n) is 2.16. The van der Waals surface area contributed by atoms with Gasteiger partial charge < -0.3 is 9.64 Å². The van der Waals surface area contributed by atoms with E-state index in [4.69, 9.17) is 16.3 Å². The Bertz CT molecular complexity index is 452. The zero-order chi connectivity index (χ0) is 14.0. The van der Waals surface area contributed by atoms with Crippen molar-refractivity contribution >= 4 is 17.5 Å². The number of nitrogens with one attached hydrogen (secondary N) is 1. The maximum atomic E-state index is 14.0. The Kier molecular flexibility index (Phi) is 4.42. The summed E-state index contributed by atoms with van der Waals surface area (Å²) in [4.78, 5) is 13.6. The van der Waals surface area contributed by atoms with Crippen LogP contribution in [0.3, 0.4) is 0 Å². The van der Waals surface area contributed by atoms with Crippen LogP contribution < -0.4 is 0 Å². The molecule has 1 aromatic rings. The van der Waals surface area contributed by atoms with E-state index in [1.165, 1.54) is 11.1 Å². The van der Waals surface area contributed by atoms with Crippen LogP contribution in [0.15, 0.2) is 6.20 Å². The second kappa shape index (κ2) is 5.88. The standard InChI is InChI=1S/C12H17ClFN3O2/c1-7(2)19-10-3-4-17(6-9(10)14)12(18)8-5-15-16-11(8)13/h5,7,9-10H,3-4,6H2,1-2H3,(H,15,16)/t9-,10+/m1/s1. The molecule has 7 heteroatoms. The molecule has 1 aliphatic rings. The van der Waals surface area contributed by atoms with Crippen molar-refractivity contribution < 1.29 is 13.9 Å². The van der Waals surface area contributed by atoms with Gasteiger partial charge in [-0.2, -0.15) is 5.10 Å². The van der Waals surface area contributed by atoms with Gasteiger partial charge in [0.05, 0.1) is 30.5 Å². The van der Waals surface area contributed by atoms with E-state index in [2.05, 4.69) is 10.2 Å². The van der Waals surface area contributed by atoms with Gasteiger partial charge >= 0.3 is 0 Å². The quantitative estimate of drug-likeness (QED) is 0.926. The van der Waals surface area contributed by atoms with Crippen LogP contribution in [-0.2, 0) is 4.74 Å². The van der Waals surface area contributed by atoms with E-state index in [-0.39, 0.29) is 29.3 Å². The molecule has 1 fully saturated rings. The fourth-order valence-corrected chi connectivity index (χ4v) is 2.34. The number of halogens is 2. The number of rotatable bonds is 3. The molecular formula is C12H17ClFN3O2. The number of carbonyl (C=O) groups is 1. The summed E-state index contributed by atoms with van der Waals surface area (Å²) < 4.78 is 19.5. The Morgan fingerprint density at radius 2 is 2.42 bits per heavy atom. The highest BCUT2D eigenvalue weighted by Gasteiger charge is 2.33. The highest BCUT2D eigenvalue weighted by atomic mass is 35.5. The Labute approximate surface area is 116 Å². The predicted octanol–water partition coefficient (Wildman–Crippen LogP) is 2.04. The summed E-state index contributed by atoms with van der Waals surface area (Å²) in [5.74, 6) is -0.301. The van der Waals surface area contributed by atoms with Crippen LogP contribution in [0.4, 0.5) is 4.39 Å². The lowest BCUT2D eigenvalue weighted by Gasteiger charge is -2.35. The summed E-state index contributed by atoms with van der Waals surface area (Å²) in [6, 6.07) is 0. The summed E-state index contributed by atoms with van der Waals surface area (Å²) in [5.41, 5.74) is 0.275. The van der Waals surface area contributed by atoms with Gasteiger partial charge in [-0.3, -0.25) is 9.89 Å². The molecular weight excluding hydrogens is 273 g/mol. The van der Waals surface area contributed by atoms with E-state index < -0.39 is 12.3 Å². The van der Waals surface area contributed by atoms with Crippen LogP contribution in [0, 0.1) is 0 Å². The first kappa shape index (κ1) is 14.3. The minimum atomic E-state index is -1.18. The zero-order valence-electron chi connectivity index (χ0n) is 10.9. The number of H-pyrrole nitrogens is 1. The third-order valence-electron chi connectivity index (χ3n) is 3.04. The number of hydrogen-bond acceptors (Lipinski definition) is 3. The number of likely N-dealkylation sites (tertiary alicyclic amines) is 1. The summed E-state index contributed by atoms with van der Waals surface area (Å²) in [6.45, 7) is 4.22. The maximum absolute atomic E-state index is 14.0. The van der Waals surface area contributed by atoms with Crippen LogP contribution in [0.1, 0.15) is 30.6 Å². The van der Waals surface area contributed by atoms with Gasteiger partial charge in [-0.25, -0.2) is 4.39 Å². The Balaban J connectivity index is 1.98. The van der Waals surface area contributed by atoms with Crippen molar-refractivity contribution in [1.82, 2.24) is 15.1 Å². The second-order valence-corrected chi connectivity index (χ2v) is 5.25. The van der Waals surface area contributed by atoms with E-state index in [1.807, 2.05) is 13.8 Å². The first-order valence-electron chi connectivity index (χ1n) is 6.26. The lowest BCUT2D eigenvalue weighted by molar-refractivity contribution is -0.0666. The molecule has 0 spiro atoms. The average molecular weight is 290 g/mol. The lowest BCUT2D eigenvalue weighted by atomic mass is 10.0. The molecule has 1 aliphatic heterocycles. The van der Waals surface area contributed by atoms with Crippen LogP contribution in [0.25, 0.3) is 0 Å². The average Bonchev–Trinajstić information content (AvgIpc) is 2.76. The summed E-state index contributed by atoms with van der Waals surface area (Å²) in [6.07, 6.45) is 0.207. The number of amides is 1. The number of piperidine rings is 1. The third-order valence-corrected chi connectivity index (χ3v) is 3.33. The number of alkyl halides is 1. The van der Waals surface area contributed by atoms with Crippen LogP contribution in [-0.4, -0.2) is 52.5 Å². The molecule has 0 unspecified atom stereocenters. The van der Waals surface area contributed by atoms with Crippen molar-refractivity contribution in [2.75, 3.05) is 13.1 Å². The van der Waals surface area contributed by atoms with Crippen molar-refractivity contribution in [3.8, 4) is 0 Å². The highest BCUT2D eigenvalue weighted by Crippen LogP contribution is 2.22. The summed E-state index contributed by atoms with van der Waals surface area (Å²) in [5, 5.41) is 6.35. The van der Waals surface area contributed by atoms with Crippen molar-refractivity contribution in [2.45, 2.75) is 38.6 Å². The van der Waals surface area contributed by atoms with Gasteiger partial charge in [0.2, 0.25) is 0 Å². The molecule has 19 heavy (non-hydrogen) atoms. The van der Waals surface area contributed by atoms with E-state index in [0.717, 1.165) is 0 Å². The largest absolute Gasteiger partial charge is 0.372 e. The molecule has 0 saturated carbocycles. The van der Waals surface area contributed by atoms with Crippen molar-refractivity contribution in [2.24, 2.45) is 0 Å². The molecule has 0 radical (unpaired) electrons. The maximum Gasteiger partial charge on any atom is 0.258 e. The van der Waals surface area contributed by atoms with Crippen LogP contribution in [0.5, 0.6) is 0 Å². The van der Waals surface area contributed by atoms with Crippen molar-refractivity contribution in [3.63, 3.8) is 0 Å². The van der Waals surface area contributed by atoms with Gasteiger partial charge in [-0.1, -0.05) is 11.6 Å². The molecule has 1 N–H and O–H groups in total. The monoisotopic (exact) mass is 289 g/mol. The molecule has 0 bridgehead atoms. The molecule has 1 aromatic heterocycles. The number of carbonyl (C=O) groups excluding carboxylic acids is 1. The minimum absolute atomic E-state index is 0.0196. The molecule has 0 aromatic carbocycles. The molecule has 106 valence electrons. The number of aromatic amines is 1. The van der Waals surface area contributed by atoms with E-state index in [1.54, 1.807) is 0 Å². The van der Waals surface area contributed by atoms with Gasteiger partial charge in [-0.15, -0.1) is 0 Å². The van der Waals surface area contributed by atoms with Crippen LogP contribution >= 0.6 is 11.6 Å². The van der Waals surface area contributed by atoms with Crippen molar-refractivity contribution in [3.05, 3.63) is 16.9 Å². The summed E-state index contributed by atoms with van der Waals surface area (Å²) in [7, 11) is 0. The Hall–Kier alpha value is -1.14. The lowest BCUT2D eigenvalue weighted by Crippen LogP contribution is -2.48.